The first-order valence-corrected chi connectivity index (χ1v) is 11.5. The van der Waals surface area contributed by atoms with E-state index in [9.17, 15) is 9.59 Å². The van der Waals surface area contributed by atoms with Crippen LogP contribution >= 0.6 is 11.3 Å². The molecule has 1 aromatic carbocycles. The van der Waals surface area contributed by atoms with Gasteiger partial charge in [-0.3, -0.25) is 9.59 Å². The number of hydrogen-bond acceptors (Lipinski definition) is 5. The topological polar surface area (TPSA) is 75.2 Å². The Kier molecular flexibility index (Phi) is 5.08. The van der Waals surface area contributed by atoms with E-state index < -0.39 is 0 Å². The Balaban J connectivity index is 1.10. The number of rotatable bonds is 5. The van der Waals surface area contributed by atoms with Crippen molar-refractivity contribution >= 4 is 28.3 Å². The molecule has 0 unspecified atom stereocenters. The highest BCUT2D eigenvalue weighted by atomic mass is 32.1. The first kappa shape index (κ1) is 18.7. The number of anilines is 1. The lowest BCUT2D eigenvalue weighted by molar-refractivity contribution is -0.121. The van der Waals surface area contributed by atoms with Gasteiger partial charge in [-0.2, -0.15) is 0 Å². The summed E-state index contributed by atoms with van der Waals surface area (Å²) in [5.41, 5.74) is 1.97. The highest BCUT2D eigenvalue weighted by Gasteiger charge is 2.32. The van der Waals surface area contributed by atoms with Crippen LogP contribution in [0.4, 0.5) is 5.13 Å². The van der Waals surface area contributed by atoms with E-state index >= 15 is 0 Å². The van der Waals surface area contributed by atoms with Crippen molar-refractivity contribution < 1.29 is 9.59 Å². The van der Waals surface area contributed by atoms with Gasteiger partial charge in [-0.25, -0.2) is 0 Å². The molecule has 1 aliphatic heterocycles. The van der Waals surface area contributed by atoms with E-state index in [1.165, 1.54) is 30.6 Å². The van der Waals surface area contributed by atoms with Crippen molar-refractivity contribution in [2.24, 2.45) is 11.8 Å². The van der Waals surface area contributed by atoms with Crippen molar-refractivity contribution in [3.05, 3.63) is 40.4 Å². The average Bonchev–Trinajstić information content (AvgIpc) is 3.26. The van der Waals surface area contributed by atoms with E-state index in [1.54, 1.807) is 0 Å². The van der Waals surface area contributed by atoms with E-state index in [0.717, 1.165) is 54.9 Å². The Hall–Kier alpha value is -2.28. The second-order valence-electron chi connectivity index (χ2n) is 8.62. The highest BCUT2D eigenvalue weighted by molar-refractivity contribution is 7.15. The van der Waals surface area contributed by atoms with Crippen LogP contribution in [0.15, 0.2) is 24.3 Å². The summed E-state index contributed by atoms with van der Waals surface area (Å²) in [5, 5.41) is 13.1. The molecule has 7 heteroatoms. The van der Waals surface area contributed by atoms with E-state index in [-0.39, 0.29) is 17.7 Å². The van der Waals surface area contributed by atoms with E-state index in [2.05, 4.69) is 15.5 Å². The molecule has 0 bridgehead atoms. The van der Waals surface area contributed by atoms with Crippen LogP contribution in [0.2, 0.25) is 0 Å². The lowest BCUT2D eigenvalue weighted by Crippen LogP contribution is -2.34. The Morgan fingerprint density at radius 3 is 2.62 bits per heavy atom. The van der Waals surface area contributed by atoms with Crippen LogP contribution in [0, 0.1) is 11.8 Å². The van der Waals surface area contributed by atoms with Crippen molar-refractivity contribution in [3.8, 4) is 0 Å². The van der Waals surface area contributed by atoms with Crippen LogP contribution in [0.1, 0.15) is 71.8 Å². The molecule has 2 heterocycles. The maximum atomic E-state index is 12.6. The third-order valence-electron chi connectivity index (χ3n) is 6.72. The molecule has 2 saturated carbocycles. The summed E-state index contributed by atoms with van der Waals surface area (Å²) < 4.78 is 0. The minimum atomic E-state index is 0.0359. The molecular weight excluding hydrogens is 384 g/mol. The number of carbonyl (C=O) groups excluding carboxylic acids is 2. The Morgan fingerprint density at radius 1 is 1.10 bits per heavy atom. The quantitative estimate of drug-likeness (QED) is 0.801. The van der Waals surface area contributed by atoms with Gasteiger partial charge in [0, 0.05) is 30.5 Å². The molecule has 0 saturated heterocycles. The molecule has 6 nitrogen and oxygen atoms in total. The van der Waals surface area contributed by atoms with E-state index in [1.807, 2.05) is 29.2 Å². The molecule has 1 aromatic heterocycles. The smallest absolute Gasteiger partial charge is 0.254 e. The number of hydrogen-bond donors (Lipinski definition) is 1. The first-order chi connectivity index (χ1) is 14.2. The number of aromatic nitrogens is 2. The lowest BCUT2D eigenvalue weighted by atomic mass is 9.81. The van der Waals surface area contributed by atoms with Gasteiger partial charge in [-0.1, -0.05) is 36.0 Å². The normalized spacial score (nSPS) is 24.3. The molecule has 29 heavy (non-hydrogen) atoms. The molecule has 0 spiro atoms. The second kappa shape index (κ2) is 7.86. The average molecular weight is 411 g/mol. The van der Waals surface area contributed by atoms with Crippen LogP contribution in [-0.4, -0.2) is 33.5 Å². The Morgan fingerprint density at radius 2 is 1.90 bits per heavy atom. The van der Waals surface area contributed by atoms with Crippen molar-refractivity contribution in [2.45, 2.75) is 57.4 Å². The zero-order valence-corrected chi connectivity index (χ0v) is 17.3. The van der Waals surface area contributed by atoms with Gasteiger partial charge in [-0.05, 0) is 56.1 Å². The molecule has 2 fully saturated rings. The number of nitrogens with one attached hydrogen (secondary N) is 1. The summed E-state index contributed by atoms with van der Waals surface area (Å²) in [6.07, 6.45) is 7.38. The largest absolute Gasteiger partial charge is 0.334 e. The molecule has 3 aliphatic rings. The summed E-state index contributed by atoms with van der Waals surface area (Å²) in [5.74, 6) is 1.29. The molecule has 0 radical (unpaired) electrons. The van der Waals surface area contributed by atoms with Crippen LogP contribution in [0.3, 0.4) is 0 Å². The number of nitrogens with zero attached hydrogens (tertiary/aromatic N) is 3. The molecule has 152 valence electrons. The summed E-state index contributed by atoms with van der Waals surface area (Å²) in [7, 11) is 0. The monoisotopic (exact) mass is 410 g/mol. The van der Waals surface area contributed by atoms with Crippen LogP contribution in [0.25, 0.3) is 0 Å². The number of benzene rings is 1. The van der Waals surface area contributed by atoms with Gasteiger partial charge in [0.1, 0.15) is 5.01 Å². The zero-order chi connectivity index (χ0) is 19.8. The van der Waals surface area contributed by atoms with Gasteiger partial charge in [-0.15, -0.1) is 10.2 Å². The fraction of sp³-hybridized carbons (Fsp3) is 0.545. The van der Waals surface area contributed by atoms with Crippen LogP contribution in [0.5, 0.6) is 0 Å². The minimum absolute atomic E-state index is 0.0359. The third kappa shape index (κ3) is 3.80. The highest BCUT2D eigenvalue weighted by Crippen LogP contribution is 2.39. The minimum Gasteiger partial charge on any atom is -0.334 e. The summed E-state index contributed by atoms with van der Waals surface area (Å²) in [4.78, 5) is 27.2. The standard InChI is InChI=1S/C22H26N4O2S/c27-19(23-22-25-24-20(29-22)16-5-3-6-16)15-10-8-14(9-11-15)12-26-13-17-4-1-2-7-18(17)21(26)28/h1-2,4,7,14-16H,3,5-6,8-13H2,(H,23,25,27). The third-order valence-corrected chi connectivity index (χ3v) is 7.72. The zero-order valence-electron chi connectivity index (χ0n) is 16.5. The van der Waals surface area contributed by atoms with E-state index in [4.69, 9.17) is 0 Å². The predicted molar refractivity (Wildman–Crippen MR) is 112 cm³/mol. The first-order valence-electron chi connectivity index (χ1n) is 10.7. The molecular formula is C22H26N4O2S. The van der Waals surface area contributed by atoms with Crippen molar-refractivity contribution in [2.75, 3.05) is 11.9 Å². The molecule has 0 atom stereocenters. The van der Waals surface area contributed by atoms with Gasteiger partial charge in [0.15, 0.2) is 0 Å². The van der Waals surface area contributed by atoms with E-state index in [0.29, 0.717) is 17.0 Å². The number of fused-ring (bicyclic) bond motifs is 1. The maximum Gasteiger partial charge on any atom is 0.254 e. The molecule has 5 rings (SSSR count). The van der Waals surface area contributed by atoms with Gasteiger partial charge in [0.25, 0.3) is 5.91 Å². The molecule has 2 aliphatic carbocycles. The fourth-order valence-electron chi connectivity index (χ4n) is 4.69. The summed E-state index contributed by atoms with van der Waals surface area (Å²) in [6.45, 7) is 1.51. The molecule has 2 amide bonds. The molecule has 2 aromatic rings. The van der Waals surface area contributed by atoms with Gasteiger partial charge in [0.05, 0.1) is 0 Å². The number of amides is 2. The van der Waals surface area contributed by atoms with Crippen molar-refractivity contribution in [1.29, 1.82) is 0 Å². The van der Waals surface area contributed by atoms with Crippen LogP contribution < -0.4 is 5.32 Å². The van der Waals surface area contributed by atoms with Crippen LogP contribution in [-0.2, 0) is 11.3 Å². The second-order valence-corrected chi connectivity index (χ2v) is 9.63. The van der Waals surface area contributed by atoms with Gasteiger partial charge in [0.2, 0.25) is 11.0 Å². The Bertz CT molecular complexity index is 915. The molecule has 1 N–H and O–H groups in total. The number of carbonyl (C=O) groups is 2. The summed E-state index contributed by atoms with van der Waals surface area (Å²) >= 11 is 1.53. The lowest BCUT2D eigenvalue weighted by Gasteiger charge is -2.30. The maximum absolute atomic E-state index is 12.6. The summed E-state index contributed by atoms with van der Waals surface area (Å²) in [6, 6.07) is 7.88. The SMILES string of the molecule is O=C(Nc1nnc(C2CCC2)s1)C1CCC(CN2Cc3ccccc3C2=O)CC1. The predicted octanol–water partition coefficient (Wildman–Crippen LogP) is 4.21. The van der Waals surface area contributed by atoms with Crippen molar-refractivity contribution in [3.63, 3.8) is 0 Å². The van der Waals surface area contributed by atoms with Gasteiger partial charge >= 0.3 is 0 Å². The van der Waals surface area contributed by atoms with Gasteiger partial charge < -0.3 is 10.2 Å². The van der Waals surface area contributed by atoms with Crippen molar-refractivity contribution in [1.82, 2.24) is 15.1 Å². The Labute approximate surface area is 174 Å². The fourth-order valence-corrected chi connectivity index (χ4v) is 5.61.